The van der Waals surface area contributed by atoms with Crippen molar-refractivity contribution in [3.05, 3.63) is 48.3 Å². The molecular weight excluding hydrogens is 552 g/mol. The summed E-state index contributed by atoms with van der Waals surface area (Å²) in [7, 11) is 0. The monoisotopic (exact) mass is 590 g/mol. The number of nitrogens with zero attached hydrogens (tertiary/aromatic N) is 2. The molecule has 1 atom stereocenters. The van der Waals surface area contributed by atoms with E-state index in [0.717, 1.165) is 4.90 Å². The van der Waals surface area contributed by atoms with Gasteiger partial charge < -0.3 is 24.8 Å². The number of benzene rings is 1. The SMILES string of the molecule is C=CCOC(=O)N1CCN(C(C)(C)C(=O)NCC(OCC)(OCC)c2ccccc2F)C[C@H]1C(=O)NCC(F)(F)F. The van der Waals surface area contributed by atoms with Crippen LogP contribution in [0.2, 0.25) is 0 Å². The summed E-state index contributed by atoms with van der Waals surface area (Å²) in [4.78, 5) is 41.4. The summed E-state index contributed by atoms with van der Waals surface area (Å²) in [6.07, 6.45) is -4.25. The van der Waals surface area contributed by atoms with E-state index in [1.165, 1.54) is 24.3 Å². The van der Waals surface area contributed by atoms with E-state index in [-0.39, 0.29) is 51.6 Å². The van der Waals surface area contributed by atoms with E-state index in [1.807, 2.05) is 0 Å². The lowest BCUT2D eigenvalue weighted by Gasteiger charge is -2.46. The van der Waals surface area contributed by atoms with Gasteiger partial charge in [0.25, 0.3) is 0 Å². The number of amides is 3. The van der Waals surface area contributed by atoms with Gasteiger partial charge >= 0.3 is 12.3 Å². The van der Waals surface area contributed by atoms with Crippen LogP contribution in [0.4, 0.5) is 22.4 Å². The molecule has 1 heterocycles. The number of halogens is 4. The molecule has 1 aromatic carbocycles. The Morgan fingerprint density at radius 1 is 1.05 bits per heavy atom. The molecule has 3 amide bonds. The highest BCUT2D eigenvalue weighted by Gasteiger charge is 2.45. The molecule has 10 nitrogen and oxygen atoms in total. The Kier molecular flexibility index (Phi) is 12.1. The van der Waals surface area contributed by atoms with Crippen molar-refractivity contribution in [3.8, 4) is 0 Å². The normalized spacial score (nSPS) is 16.7. The van der Waals surface area contributed by atoms with Crippen molar-refractivity contribution in [2.24, 2.45) is 0 Å². The van der Waals surface area contributed by atoms with E-state index >= 15 is 0 Å². The average Bonchev–Trinajstić information content (AvgIpc) is 2.92. The van der Waals surface area contributed by atoms with Crippen LogP contribution in [0.1, 0.15) is 33.3 Å². The van der Waals surface area contributed by atoms with E-state index < -0.39 is 53.8 Å². The van der Waals surface area contributed by atoms with Gasteiger partial charge in [-0.1, -0.05) is 30.9 Å². The average molecular weight is 591 g/mol. The summed E-state index contributed by atoms with van der Waals surface area (Å²) in [5, 5.41) is 4.55. The quantitative estimate of drug-likeness (QED) is 0.207. The van der Waals surface area contributed by atoms with Crippen molar-refractivity contribution in [1.82, 2.24) is 20.4 Å². The summed E-state index contributed by atoms with van der Waals surface area (Å²) in [5.41, 5.74) is -1.23. The zero-order valence-electron chi connectivity index (χ0n) is 23.7. The van der Waals surface area contributed by atoms with E-state index in [4.69, 9.17) is 14.2 Å². The second kappa shape index (κ2) is 14.6. The van der Waals surface area contributed by atoms with E-state index in [0.29, 0.717) is 0 Å². The topological polar surface area (TPSA) is 109 Å². The van der Waals surface area contributed by atoms with Crippen molar-refractivity contribution < 1.29 is 46.2 Å². The number of carbonyl (C=O) groups is 3. The number of ether oxygens (including phenoxy) is 3. The summed E-state index contributed by atoms with van der Waals surface area (Å²) >= 11 is 0. The van der Waals surface area contributed by atoms with Crippen LogP contribution >= 0.6 is 0 Å². The lowest BCUT2D eigenvalue weighted by Crippen LogP contribution is -2.67. The van der Waals surface area contributed by atoms with Crippen LogP contribution < -0.4 is 10.6 Å². The van der Waals surface area contributed by atoms with Gasteiger partial charge in [0.1, 0.15) is 25.0 Å². The van der Waals surface area contributed by atoms with E-state index in [2.05, 4.69) is 11.9 Å². The molecule has 14 heteroatoms. The van der Waals surface area contributed by atoms with Crippen LogP contribution in [0.3, 0.4) is 0 Å². The lowest BCUT2D eigenvalue weighted by molar-refractivity contribution is -0.240. The first-order chi connectivity index (χ1) is 19.2. The fraction of sp³-hybridized carbons (Fsp3) is 0.593. The van der Waals surface area contributed by atoms with Crippen LogP contribution in [0.25, 0.3) is 0 Å². The third-order valence-corrected chi connectivity index (χ3v) is 6.57. The number of carbonyl (C=O) groups excluding carboxylic acids is 3. The van der Waals surface area contributed by atoms with Gasteiger partial charge in [-0.15, -0.1) is 0 Å². The van der Waals surface area contributed by atoms with Crippen molar-refractivity contribution in [2.45, 2.75) is 51.2 Å². The molecule has 2 N–H and O–H groups in total. The van der Waals surface area contributed by atoms with Crippen molar-refractivity contribution in [1.29, 1.82) is 0 Å². The van der Waals surface area contributed by atoms with Gasteiger partial charge in [-0.25, -0.2) is 9.18 Å². The molecule has 1 fully saturated rings. The predicted octanol–water partition coefficient (Wildman–Crippen LogP) is 2.93. The molecule has 0 aliphatic carbocycles. The summed E-state index contributed by atoms with van der Waals surface area (Å²) in [5.74, 6) is -3.82. The van der Waals surface area contributed by atoms with Crippen LogP contribution in [-0.4, -0.2) is 98.0 Å². The van der Waals surface area contributed by atoms with Gasteiger partial charge in [0.15, 0.2) is 0 Å². The minimum Gasteiger partial charge on any atom is -0.445 e. The van der Waals surface area contributed by atoms with Crippen molar-refractivity contribution in [3.63, 3.8) is 0 Å². The summed E-state index contributed by atoms with van der Waals surface area (Å²) in [6, 6.07) is 4.49. The predicted molar refractivity (Wildman–Crippen MR) is 141 cm³/mol. The molecule has 0 aromatic heterocycles. The van der Waals surface area contributed by atoms with Gasteiger partial charge in [-0.05, 0) is 33.8 Å². The summed E-state index contributed by atoms with van der Waals surface area (Å²) in [6.45, 7) is 7.97. The second-order valence-corrected chi connectivity index (χ2v) is 9.69. The lowest BCUT2D eigenvalue weighted by atomic mass is 9.97. The molecule has 1 aromatic rings. The molecular formula is C27H38F4N4O6. The number of nitrogens with one attached hydrogen (secondary N) is 2. The third-order valence-electron chi connectivity index (χ3n) is 6.57. The first-order valence-electron chi connectivity index (χ1n) is 13.2. The minimum absolute atomic E-state index is 0.0925. The molecule has 1 aliphatic rings. The molecule has 0 spiro atoms. The van der Waals surface area contributed by atoms with Gasteiger partial charge in [-0.2, -0.15) is 13.2 Å². The Bertz CT molecular complexity index is 1060. The van der Waals surface area contributed by atoms with E-state index in [1.54, 1.807) is 44.0 Å². The number of hydrogen-bond acceptors (Lipinski definition) is 7. The number of hydrogen-bond donors (Lipinski definition) is 2. The van der Waals surface area contributed by atoms with Crippen molar-refractivity contribution >= 4 is 17.9 Å². The highest BCUT2D eigenvalue weighted by molar-refractivity contribution is 5.88. The zero-order valence-corrected chi connectivity index (χ0v) is 23.7. The Morgan fingerprint density at radius 3 is 2.24 bits per heavy atom. The Balaban J connectivity index is 2.26. The maximum absolute atomic E-state index is 14.8. The first-order valence-corrected chi connectivity index (χ1v) is 13.2. The zero-order chi connectivity index (χ0) is 30.8. The molecule has 0 unspecified atom stereocenters. The molecule has 2 rings (SSSR count). The van der Waals surface area contributed by atoms with Gasteiger partial charge in [0, 0.05) is 38.4 Å². The van der Waals surface area contributed by atoms with Gasteiger partial charge in [0.2, 0.25) is 17.6 Å². The maximum Gasteiger partial charge on any atom is 0.410 e. The molecule has 230 valence electrons. The fourth-order valence-corrected chi connectivity index (χ4v) is 4.44. The van der Waals surface area contributed by atoms with Crippen LogP contribution in [-0.2, 0) is 29.6 Å². The smallest absolute Gasteiger partial charge is 0.410 e. The Labute approximate surface area is 237 Å². The molecule has 1 saturated heterocycles. The largest absolute Gasteiger partial charge is 0.445 e. The molecule has 1 aliphatic heterocycles. The standard InChI is InChI=1S/C27H38F4N4O6/c1-6-15-39-24(38)35-14-13-34(16-21(35)22(36)32-18-27(29,30)31)25(4,5)23(37)33-17-26(40-7-2,41-8-3)19-11-9-10-12-20(19)28/h6,9-12,21H,1,7-8,13-18H2,2-5H3,(H,32,36)(H,33,37)/t21-/m0/s1. The molecule has 0 saturated carbocycles. The maximum atomic E-state index is 14.8. The van der Waals surface area contributed by atoms with E-state index in [9.17, 15) is 31.9 Å². The van der Waals surface area contributed by atoms with Crippen LogP contribution in [0, 0.1) is 5.82 Å². The van der Waals surface area contributed by atoms with Crippen LogP contribution in [0.5, 0.6) is 0 Å². The Morgan fingerprint density at radius 2 is 1.68 bits per heavy atom. The highest BCUT2D eigenvalue weighted by Crippen LogP contribution is 2.30. The van der Waals surface area contributed by atoms with Gasteiger partial charge in [-0.3, -0.25) is 19.4 Å². The highest BCUT2D eigenvalue weighted by atomic mass is 19.4. The van der Waals surface area contributed by atoms with Crippen LogP contribution in [0.15, 0.2) is 36.9 Å². The number of alkyl halides is 3. The fourth-order valence-electron chi connectivity index (χ4n) is 4.44. The summed E-state index contributed by atoms with van der Waals surface area (Å²) < 4.78 is 69.8. The Hall–Kier alpha value is -3.23. The first kappa shape index (κ1) is 34.0. The third kappa shape index (κ3) is 8.88. The number of rotatable bonds is 13. The molecule has 41 heavy (non-hydrogen) atoms. The molecule has 0 bridgehead atoms. The van der Waals surface area contributed by atoms with Gasteiger partial charge in [0.05, 0.1) is 12.1 Å². The van der Waals surface area contributed by atoms with Crippen molar-refractivity contribution in [2.75, 3.05) is 52.5 Å². The second-order valence-electron chi connectivity index (χ2n) is 9.69. The number of piperazine rings is 1. The molecule has 0 radical (unpaired) electrons. The minimum atomic E-state index is -4.66.